The molecule has 1 heterocycles. The minimum Gasteiger partial charge on any atom is -0.466 e. The number of nitrogens with zero attached hydrogens (tertiary/aromatic N) is 3. The molecule has 0 spiro atoms. The molecule has 0 aliphatic carbocycles. The summed E-state index contributed by atoms with van der Waals surface area (Å²) in [6.45, 7) is 5.92. The van der Waals surface area contributed by atoms with Gasteiger partial charge in [-0.2, -0.15) is 18.2 Å². The molecule has 3 rings (SSSR count). The maximum absolute atomic E-state index is 12.9. The van der Waals surface area contributed by atoms with Crippen molar-refractivity contribution in [1.82, 2.24) is 14.8 Å². The van der Waals surface area contributed by atoms with Gasteiger partial charge < -0.3 is 10.1 Å². The molecule has 0 aliphatic rings. The van der Waals surface area contributed by atoms with Crippen molar-refractivity contribution in [1.29, 1.82) is 0 Å². The predicted molar refractivity (Wildman–Crippen MR) is 111 cm³/mol. The average Bonchev–Trinajstić information content (AvgIpc) is 3.10. The Balaban J connectivity index is 1.95. The number of rotatable bonds is 5. The van der Waals surface area contributed by atoms with E-state index in [9.17, 15) is 18.0 Å². The molecule has 1 aromatic heterocycles. The Labute approximate surface area is 178 Å². The van der Waals surface area contributed by atoms with Crippen LogP contribution in [0.5, 0.6) is 6.01 Å². The van der Waals surface area contributed by atoms with E-state index in [0.717, 1.165) is 12.1 Å². The van der Waals surface area contributed by atoms with Crippen LogP contribution in [0.25, 0.3) is 17.1 Å². The molecule has 9 heteroatoms. The van der Waals surface area contributed by atoms with Crippen LogP contribution in [0, 0.1) is 5.41 Å². The van der Waals surface area contributed by atoms with Crippen LogP contribution in [-0.2, 0) is 11.0 Å². The molecule has 3 aromatic rings. The van der Waals surface area contributed by atoms with Crippen molar-refractivity contribution in [2.24, 2.45) is 5.41 Å². The number of nitrogens with one attached hydrogen (secondary N) is 1. The van der Waals surface area contributed by atoms with Gasteiger partial charge in [0.25, 0.3) is 0 Å². The number of aromatic nitrogens is 3. The lowest BCUT2D eigenvalue weighted by Crippen LogP contribution is -2.19. The van der Waals surface area contributed by atoms with Crippen LogP contribution in [0.2, 0.25) is 0 Å². The molecule has 0 radical (unpaired) electrons. The van der Waals surface area contributed by atoms with Crippen LogP contribution in [0.4, 0.5) is 18.9 Å². The molecular formula is C22H23F3N4O2. The first-order valence-electron chi connectivity index (χ1n) is 9.55. The zero-order chi connectivity index (χ0) is 22.8. The van der Waals surface area contributed by atoms with Gasteiger partial charge >= 0.3 is 12.2 Å². The van der Waals surface area contributed by atoms with E-state index in [1.807, 2.05) is 20.8 Å². The van der Waals surface area contributed by atoms with Gasteiger partial charge in [-0.3, -0.25) is 4.79 Å². The minimum atomic E-state index is -4.43. The number of anilines is 1. The van der Waals surface area contributed by atoms with Crippen molar-refractivity contribution >= 4 is 11.6 Å². The van der Waals surface area contributed by atoms with Crippen LogP contribution >= 0.6 is 0 Å². The van der Waals surface area contributed by atoms with Crippen LogP contribution in [0.15, 0.2) is 48.5 Å². The zero-order valence-electron chi connectivity index (χ0n) is 17.6. The summed E-state index contributed by atoms with van der Waals surface area (Å²) in [5.41, 5.74) is 0.666. The van der Waals surface area contributed by atoms with Crippen molar-refractivity contribution in [2.75, 3.05) is 12.4 Å². The molecule has 6 nitrogen and oxygen atoms in total. The van der Waals surface area contributed by atoms with Gasteiger partial charge in [0, 0.05) is 17.7 Å². The van der Waals surface area contributed by atoms with E-state index >= 15 is 0 Å². The van der Waals surface area contributed by atoms with Gasteiger partial charge in [-0.1, -0.05) is 39.0 Å². The molecule has 0 saturated heterocycles. The van der Waals surface area contributed by atoms with Crippen molar-refractivity contribution in [3.63, 3.8) is 0 Å². The second kappa shape index (κ2) is 8.41. The minimum absolute atomic E-state index is 0.0667. The highest BCUT2D eigenvalue weighted by Gasteiger charge is 2.30. The Morgan fingerprint density at radius 1 is 1.10 bits per heavy atom. The van der Waals surface area contributed by atoms with Gasteiger partial charge in [0.2, 0.25) is 5.91 Å². The Kier molecular flexibility index (Phi) is 6.06. The van der Waals surface area contributed by atoms with Gasteiger partial charge in [0.05, 0.1) is 18.4 Å². The summed E-state index contributed by atoms with van der Waals surface area (Å²) in [6.07, 6.45) is -4.07. The fourth-order valence-corrected chi connectivity index (χ4v) is 2.96. The molecule has 2 aromatic carbocycles. The number of benzene rings is 2. The van der Waals surface area contributed by atoms with E-state index in [-0.39, 0.29) is 17.3 Å². The summed E-state index contributed by atoms with van der Waals surface area (Å²) < 4.78 is 45.2. The molecular weight excluding hydrogens is 409 g/mol. The molecule has 0 fully saturated rings. The highest BCUT2D eigenvalue weighted by molar-refractivity contribution is 5.91. The largest absolute Gasteiger partial charge is 0.466 e. The summed E-state index contributed by atoms with van der Waals surface area (Å²) >= 11 is 0. The first-order chi connectivity index (χ1) is 14.5. The number of ether oxygens (including phenoxy) is 1. The molecule has 0 aliphatic heterocycles. The number of carbonyl (C=O) groups excluding carboxylic acids is 1. The molecule has 0 atom stereocenters. The number of hydrogen-bond donors (Lipinski definition) is 1. The summed E-state index contributed by atoms with van der Waals surface area (Å²) in [7, 11) is 1.40. The first kappa shape index (κ1) is 22.3. The van der Waals surface area contributed by atoms with E-state index in [1.165, 1.54) is 23.9 Å². The second-order valence-electron chi connectivity index (χ2n) is 8.24. The maximum Gasteiger partial charge on any atom is 0.416 e. The Morgan fingerprint density at radius 3 is 2.35 bits per heavy atom. The summed E-state index contributed by atoms with van der Waals surface area (Å²) in [4.78, 5) is 16.5. The summed E-state index contributed by atoms with van der Waals surface area (Å²) in [5.74, 6) is 0.188. The molecule has 1 amide bonds. The monoisotopic (exact) mass is 432 g/mol. The highest BCUT2D eigenvalue weighted by Crippen LogP contribution is 2.32. The quantitative estimate of drug-likeness (QED) is 0.591. The highest BCUT2D eigenvalue weighted by atomic mass is 19.4. The number of methoxy groups -OCH3 is 1. The SMILES string of the molecule is COc1nc(-c2ccc(C(F)(F)F)cc2)n(-c2cccc(NC(=O)CC(C)(C)C)c2)n1. The number of carbonyl (C=O) groups is 1. The topological polar surface area (TPSA) is 69.0 Å². The summed E-state index contributed by atoms with van der Waals surface area (Å²) in [6, 6.07) is 11.7. The fraction of sp³-hybridized carbons (Fsp3) is 0.318. The molecule has 0 unspecified atom stereocenters. The third-order valence-electron chi connectivity index (χ3n) is 4.31. The molecule has 0 saturated carbocycles. The van der Waals surface area contributed by atoms with Crippen LogP contribution in [0.3, 0.4) is 0 Å². The van der Waals surface area contributed by atoms with Gasteiger partial charge in [-0.25, -0.2) is 4.68 Å². The van der Waals surface area contributed by atoms with Gasteiger partial charge in [0.1, 0.15) is 0 Å². The third-order valence-corrected chi connectivity index (χ3v) is 4.31. The Hall–Kier alpha value is -3.36. The normalized spacial score (nSPS) is 12.0. The van der Waals surface area contributed by atoms with Crippen molar-refractivity contribution in [3.05, 3.63) is 54.1 Å². The van der Waals surface area contributed by atoms with E-state index in [1.54, 1.807) is 24.3 Å². The van der Waals surface area contributed by atoms with E-state index in [4.69, 9.17) is 4.74 Å². The number of amides is 1. The fourth-order valence-electron chi connectivity index (χ4n) is 2.96. The smallest absolute Gasteiger partial charge is 0.416 e. The molecule has 164 valence electrons. The maximum atomic E-state index is 12.9. The van der Waals surface area contributed by atoms with Crippen molar-refractivity contribution in [2.45, 2.75) is 33.4 Å². The molecule has 0 bridgehead atoms. The number of hydrogen-bond acceptors (Lipinski definition) is 4. The lowest BCUT2D eigenvalue weighted by Gasteiger charge is -2.17. The molecule has 31 heavy (non-hydrogen) atoms. The van der Waals surface area contributed by atoms with Crippen LogP contribution in [-0.4, -0.2) is 27.8 Å². The van der Waals surface area contributed by atoms with Crippen molar-refractivity contribution < 1.29 is 22.7 Å². The zero-order valence-corrected chi connectivity index (χ0v) is 17.6. The molecule has 1 N–H and O–H groups in total. The third kappa shape index (κ3) is 5.62. The summed E-state index contributed by atoms with van der Waals surface area (Å²) in [5, 5.41) is 7.13. The van der Waals surface area contributed by atoms with Crippen LogP contribution in [0.1, 0.15) is 32.8 Å². The standard InChI is InChI=1S/C22H23F3N4O2/c1-21(2,3)13-18(30)26-16-6-5-7-17(12-16)29-19(27-20(28-29)31-4)14-8-10-15(11-9-14)22(23,24)25/h5-12H,13H2,1-4H3,(H,26,30). The first-order valence-corrected chi connectivity index (χ1v) is 9.55. The Morgan fingerprint density at radius 2 is 1.77 bits per heavy atom. The van der Waals surface area contributed by atoms with E-state index in [2.05, 4.69) is 15.4 Å². The van der Waals surface area contributed by atoms with Crippen molar-refractivity contribution in [3.8, 4) is 23.1 Å². The Bertz CT molecular complexity index is 1070. The predicted octanol–water partition coefficient (Wildman–Crippen LogP) is 5.34. The number of alkyl halides is 3. The van der Waals surface area contributed by atoms with Gasteiger partial charge in [-0.05, 0) is 35.7 Å². The van der Waals surface area contributed by atoms with Gasteiger partial charge in [0.15, 0.2) is 5.82 Å². The number of halogens is 3. The lowest BCUT2D eigenvalue weighted by atomic mass is 9.92. The van der Waals surface area contributed by atoms with Crippen LogP contribution < -0.4 is 10.1 Å². The second-order valence-corrected chi connectivity index (χ2v) is 8.24. The van der Waals surface area contributed by atoms with Gasteiger partial charge in [-0.15, -0.1) is 5.10 Å². The van der Waals surface area contributed by atoms with E-state index in [0.29, 0.717) is 29.2 Å². The lowest BCUT2D eigenvalue weighted by molar-refractivity contribution is -0.137. The average molecular weight is 432 g/mol. The van der Waals surface area contributed by atoms with E-state index < -0.39 is 11.7 Å².